The fourth-order valence-corrected chi connectivity index (χ4v) is 3.95. The third kappa shape index (κ3) is 3.72. The van der Waals surface area contributed by atoms with Crippen molar-refractivity contribution in [2.75, 3.05) is 12.3 Å². The first-order valence-corrected chi connectivity index (χ1v) is 8.27. The summed E-state index contributed by atoms with van der Waals surface area (Å²) in [5.41, 5.74) is 0. The highest BCUT2D eigenvalue weighted by atomic mass is 32.2. The molecular formula is C12H18N2O5S. The molecule has 0 aromatic heterocycles. The molecule has 1 aliphatic heterocycles. The lowest BCUT2D eigenvalue weighted by Gasteiger charge is -2.17. The molecule has 0 saturated heterocycles. The minimum Gasteiger partial charge on any atom is -0.481 e. The van der Waals surface area contributed by atoms with E-state index in [0.29, 0.717) is 13.0 Å². The Morgan fingerprint density at radius 1 is 1.30 bits per heavy atom. The van der Waals surface area contributed by atoms with Gasteiger partial charge in [0.1, 0.15) is 0 Å². The molecular weight excluding hydrogens is 284 g/mol. The van der Waals surface area contributed by atoms with E-state index in [0.717, 1.165) is 18.2 Å². The van der Waals surface area contributed by atoms with E-state index >= 15 is 0 Å². The van der Waals surface area contributed by atoms with E-state index in [1.54, 1.807) is 0 Å². The maximum absolute atomic E-state index is 11.6. The van der Waals surface area contributed by atoms with Gasteiger partial charge in [-0.15, -0.1) is 0 Å². The highest BCUT2D eigenvalue weighted by Gasteiger charge is 2.33. The molecule has 2 aliphatic rings. The Morgan fingerprint density at radius 2 is 2.05 bits per heavy atom. The van der Waals surface area contributed by atoms with Gasteiger partial charge in [0.25, 0.3) is 0 Å². The fourth-order valence-electron chi connectivity index (χ4n) is 2.72. The fraction of sp³-hybridized carbons (Fsp3) is 0.667. The molecule has 1 aliphatic carbocycles. The van der Waals surface area contributed by atoms with Crippen molar-refractivity contribution in [2.45, 2.75) is 25.3 Å². The standard InChI is InChI=1S/C12H18N2O5S/c15-11(16)10-3-1-2-8(10)6-13-12(17)14-9-4-5-20(18,19)7-9/h4-5,8-10H,1-3,6-7H2,(H,15,16)(H2,13,14,17). The third-order valence-corrected chi connectivity index (χ3v) is 5.14. The first-order chi connectivity index (χ1) is 9.37. The quantitative estimate of drug-likeness (QED) is 0.681. The highest BCUT2D eigenvalue weighted by molar-refractivity contribution is 7.94. The molecule has 0 radical (unpaired) electrons. The van der Waals surface area contributed by atoms with Gasteiger partial charge in [-0.25, -0.2) is 13.2 Å². The summed E-state index contributed by atoms with van der Waals surface area (Å²) in [6.45, 7) is 0.298. The summed E-state index contributed by atoms with van der Waals surface area (Å²) in [6, 6.07) is -0.980. The Kier molecular flexibility index (Phi) is 4.32. The number of carbonyl (C=O) groups is 2. The van der Waals surface area contributed by atoms with Gasteiger partial charge in [0.05, 0.1) is 17.7 Å². The molecule has 0 aromatic carbocycles. The second-order valence-electron chi connectivity index (χ2n) is 5.25. The summed E-state index contributed by atoms with van der Waals surface area (Å²) in [6.07, 6.45) is 3.72. The molecule has 0 aromatic rings. The molecule has 112 valence electrons. The van der Waals surface area contributed by atoms with Crippen LogP contribution in [-0.2, 0) is 14.6 Å². The van der Waals surface area contributed by atoms with E-state index < -0.39 is 33.8 Å². The first-order valence-electron chi connectivity index (χ1n) is 6.55. The first kappa shape index (κ1) is 14.8. The molecule has 1 saturated carbocycles. The number of aliphatic carboxylic acids is 1. The molecule has 20 heavy (non-hydrogen) atoms. The van der Waals surface area contributed by atoms with Crippen LogP contribution < -0.4 is 10.6 Å². The van der Waals surface area contributed by atoms with Gasteiger partial charge in [-0.05, 0) is 24.8 Å². The number of sulfone groups is 1. The zero-order valence-corrected chi connectivity index (χ0v) is 11.7. The van der Waals surface area contributed by atoms with Crippen molar-refractivity contribution in [1.82, 2.24) is 10.6 Å². The number of urea groups is 1. The summed E-state index contributed by atoms with van der Waals surface area (Å²) < 4.78 is 22.4. The minimum atomic E-state index is -3.19. The van der Waals surface area contributed by atoms with Gasteiger partial charge in [0.2, 0.25) is 0 Å². The Balaban J connectivity index is 1.76. The van der Waals surface area contributed by atoms with E-state index in [1.807, 2.05) is 0 Å². The Hall–Kier alpha value is -1.57. The van der Waals surface area contributed by atoms with Crippen molar-refractivity contribution in [3.8, 4) is 0 Å². The zero-order chi connectivity index (χ0) is 14.8. The van der Waals surface area contributed by atoms with Crippen LogP contribution in [0.2, 0.25) is 0 Å². The molecule has 3 unspecified atom stereocenters. The summed E-state index contributed by atoms with van der Waals surface area (Å²) in [5, 5.41) is 15.3. The van der Waals surface area contributed by atoms with E-state index in [2.05, 4.69) is 10.6 Å². The van der Waals surface area contributed by atoms with Crippen LogP contribution in [0, 0.1) is 11.8 Å². The number of hydrogen-bond acceptors (Lipinski definition) is 4. The number of carbonyl (C=O) groups excluding carboxylic acids is 1. The molecule has 1 heterocycles. The number of carboxylic acids is 1. The van der Waals surface area contributed by atoms with Gasteiger partial charge in [-0.2, -0.15) is 0 Å². The van der Waals surface area contributed by atoms with Crippen molar-refractivity contribution in [3.05, 3.63) is 11.5 Å². The maximum Gasteiger partial charge on any atom is 0.315 e. The smallest absolute Gasteiger partial charge is 0.315 e. The Bertz CT molecular complexity index is 528. The van der Waals surface area contributed by atoms with Crippen molar-refractivity contribution < 1.29 is 23.1 Å². The average Bonchev–Trinajstić information content (AvgIpc) is 2.93. The topological polar surface area (TPSA) is 113 Å². The molecule has 0 bridgehead atoms. The van der Waals surface area contributed by atoms with Crippen molar-refractivity contribution in [3.63, 3.8) is 0 Å². The minimum absolute atomic E-state index is 0.0545. The van der Waals surface area contributed by atoms with Crippen LogP contribution in [0.3, 0.4) is 0 Å². The van der Waals surface area contributed by atoms with Crippen molar-refractivity contribution >= 4 is 21.8 Å². The van der Waals surface area contributed by atoms with E-state index in [-0.39, 0.29) is 11.7 Å². The van der Waals surface area contributed by atoms with Gasteiger partial charge in [0.15, 0.2) is 9.84 Å². The molecule has 8 heteroatoms. The lowest BCUT2D eigenvalue weighted by Crippen LogP contribution is -2.44. The predicted molar refractivity (Wildman–Crippen MR) is 71.7 cm³/mol. The summed E-state index contributed by atoms with van der Waals surface area (Å²) in [5.74, 6) is -1.40. The monoisotopic (exact) mass is 302 g/mol. The largest absolute Gasteiger partial charge is 0.481 e. The van der Waals surface area contributed by atoms with Crippen LogP contribution in [0.15, 0.2) is 11.5 Å². The van der Waals surface area contributed by atoms with Crippen molar-refractivity contribution in [2.24, 2.45) is 11.8 Å². The number of carboxylic acid groups (broad SMARTS) is 1. The van der Waals surface area contributed by atoms with Gasteiger partial charge in [-0.1, -0.05) is 6.42 Å². The number of nitrogens with one attached hydrogen (secondary N) is 2. The van der Waals surface area contributed by atoms with Gasteiger partial charge in [0, 0.05) is 12.0 Å². The van der Waals surface area contributed by atoms with Crippen LogP contribution in [0.25, 0.3) is 0 Å². The number of hydrogen-bond donors (Lipinski definition) is 3. The molecule has 2 amide bonds. The predicted octanol–water partition coefficient (Wildman–Crippen LogP) is 0.0972. The molecule has 0 spiro atoms. The lowest BCUT2D eigenvalue weighted by atomic mass is 9.96. The van der Waals surface area contributed by atoms with Crippen LogP contribution in [0.5, 0.6) is 0 Å². The van der Waals surface area contributed by atoms with E-state index in [4.69, 9.17) is 5.11 Å². The summed E-state index contributed by atoms with van der Waals surface area (Å²) >= 11 is 0. The van der Waals surface area contributed by atoms with E-state index in [1.165, 1.54) is 6.08 Å². The average molecular weight is 302 g/mol. The summed E-state index contributed by atoms with van der Waals surface area (Å²) in [7, 11) is -3.19. The molecule has 3 N–H and O–H groups in total. The Labute approximate surface area is 117 Å². The third-order valence-electron chi connectivity index (χ3n) is 3.75. The Morgan fingerprint density at radius 3 is 2.65 bits per heavy atom. The van der Waals surface area contributed by atoms with Crippen LogP contribution in [0.4, 0.5) is 4.79 Å². The maximum atomic E-state index is 11.6. The van der Waals surface area contributed by atoms with Crippen LogP contribution >= 0.6 is 0 Å². The number of rotatable bonds is 4. The molecule has 2 rings (SSSR count). The lowest BCUT2D eigenvalue weighted by molar-refractivity contribution is -0.142. The SMILES string of the molecule is O=C(NCC1CCCC1C(=O)O)NC1C=CS(=O)(=O)C1. The van der Waals surface area contributed by atoms with Crippen LogP contribution in [-0.4, -0.2) is 43.9 Å². The molecule has 1 fully saturated rings. The van der Waals surface area contributed by atoms with Crippen LogP contribution in [0.1, 0.15) is 19.3 Å². The van der Waals surface area contributed by atoms with Gasteiger partial charge < -0.3 is 15.7 Å². The zero-order valence-electron chi connectivity index (χ0n) is 10.9. The number of amides is 2. The van der Waals surface area contributed by atoms with E-state index in [9.17, 15) is 18.0 Å². The normalized spacial score (nSPS) is 31.1. The van der Waals surface area contributed by atoms with Gasteiger partial charge in [-0.3, -0.25) is 4.79 Å². The highest BCUT2D eigenvalue weighted by Crippen LogP contribution is 2.31. The summed E-state index contributed by atoms with van der Waals surface area (Å²) in [4.78, 5) is 22.6. The van der Waals surface area contributed by atoms with Crippen molar-refractivity contribution in [1.29, 1.82) is 0 Å². The second-order valence-corrected chi connectivity index (χ2v) is 7.19. The second kappa shape index (κ2) is 5.82. The van der Waals surface area contributed by atoms with Gasteiger partial charge >= 0.3 is 12.0 Å². The molecule has 3 atom stereocenters. The molecule has 7 nitrogen and oxygen atoms in total.